The smallest absolute Gasteiger partial charge is 0.412 e. The Bertz CT molecular complexity index is 559. The Morgan fingerprint density at radius 2 is 1.83 bits per heavy atom. The topological polar surface area (TPSA) is 82.8 Å². The molecule has 130 valence electrons. The monoisotopic (exact) mass is 332 g/mol. The number of alkyl halides is 2. The molecule has 0 aliphatic rings. The van der Waals surface area contributed by atoms with Gasteiger partial charge in [0.2, 0.25) is 0 Å². The van der Waals surface area contributed by atoms with Crippen LogP contribution in [0.15, 0.2) is 12.1 Å². The minimum Gasteiger partial charge on any atom is -0.493 e. The number of nitrogens with two attached hydrogens (primary N) is 1. The van der Waals surface area contributed by atoms with E-state index in [0.717, 1.165) is 0 Å². The summed E-state index contributed by atoms with van der Waals surface area (Å²) >= 11 is 0. The van der Waals surface area contributed by atoms with Gasteiger partial charge in [0, 0.05) is 0 Å². The summed E-state index contributed by atoms with van der Waals surface area (Å²) in [6, 6.07) is 1.13. The van der Waals surface area contributed by atoms with Gasteiger partial charge in [-0.15, -0.1) is 0 Å². The number of nitrogens with one attached hydrogen (secondary N) is 1. The van der Waals surface area contributed by atoms with Crippen LogP contribution in [0, 0.1) is 0 Å². The molecule has 0 aromatic heterocycles. The summed E-state index contributed by atoms with van der Waals surface area (Å²) in [6.07, 6.45) is -3.51. The lowest BCUT2D eigenvalue weighted by Gasteiger charge is -2.22. The van der Waals surface area contributed by atoms with Crippen LogP contribution in [0.5, 0.6) is 11.5 Å². The number of halogens is 2. The molecule has 1 rings (SSSR count). The number of ether oxygens (including phenoxy) is 3. The highest BCUT2D eigenvalue weighted by molar-refractivity contribution is 5.88. The number of hydrogen-bond donors (Lipinski definition) is 2. The molecule has 0 aliphatic heterocycles. The fourth-order valence-electron chi connectivity index (χ4n) is 1.83. The highest BCUT2D eigenvalue weighted by Crippen LogP contribution is 2.39. The molecule has 8 heteroatoms. The zero-order valence-electron chi connectivity index (χ0n) is 13.8. The highest BCUT2D eigenvalue weighted by atomic mass is 19.3. The average Bonchev–Trinajstić information content (AvgIpc) is 2.43. The van der Waals surface area contributed by atoms with Gasteiger partial charge in [-0.2, -0.15) is 0 Å². The first kappa shape index (κ1) is 19.0. The minimum absolute atomic E-state index is 0.101. The van der Waals surface area contributed by atoms with Gasteiger partial charge in [-0.25, -0.2) is 13.6 Å². The molecule has 0 spiro atoms. The Kier molecular flexibility index (Phi) is 6.14. The third kappa shape index (κ3) is 5.24. The SMILES string of the molecule is COc1cc(C(N)C(F)F)cc(NC(=O)OC(C)(C)C)c1OC. The van der Waals surface area contributed by atoms with Crippen molar-refractivity contribution in [1.82, 2.24) is 0 Å². The summed E-state index contributed by atoms with van der Waals surface area (Å²) in [5.41, 5.74) is 4.99. The fraction of sp³-hybridized carbons (Fsp3) is 0.533. The zero-order chi connectivity index (χ0) is 17.8. The summed E-state index contributed by atoms with van der Waals surface area (Å²) in [7, 11) is 2.72. The lowest BCUT2D eigenvalue weighted by Crippen LogP contribution is -2.27. The Morgan fingerprint density at radius 3 is 2.26 bits per heavy atom. The third-order valence-corrected chi connectivity index (χ3v) is 2.79. The Morgan fingerprint density at radius 1 is 1.22 bits per heavy atom. The third-order valence-electron chi connectivity index (χ3n) is 2.79. The first-order chi connectivity index (χ1) is 10.6. The van der Waals surface area contributed by atoms with Crippen LogP contribution in [0.2, 0.25) is 0 Å². The van der Waals surface area contributed by atoms with Gasteiger partial charge in [-0.05, 0) is 38.5 Å². The van der Waals surface area contributed by atoms with Crippen molar-refractivity contribution in [3.05, 3.63) is 17.7 Å². The number of rotatable bonds is 5. The summed E-state index contributed by atoms with van der Waals surface area (Å²) in [6.45, 7) is 5.11. The number of anilines is 1. The molecule has 1 aromatic carbocycles. The number of hydrogen-bond acceptors (Lipinski definition) is 5. The van der Waals surface area contributed by atoms with Crippen LogP contribution in [-0.4, -0.2) is 32.3 Å². The van der Waals surface area contributed by atoms with Gasteiger partial charge in [0.15, 0.2) is 11.5 Å². The fourth-order valence-corrected chi connectivity index (χ4v) is 1.83. The molecule has 1 atom stereocenters. The number of carbonyl (C=O) groups excluding carboxylic acids is 1. The van der Waals surface area contributed by atoms with Gasteiger partial charge in [0.25, 0.3) is 6.43 Å². The molecule has 1 amide bonds. The van der Waals surface area contributed by atoms with Crippen molar-refractivity contribution in [2.45, 2.75) is 38.8 Å². The van der Waals surface area contributed by atoms with Gasteiger partial charge >= 0.3 is 6.09 Å². The van der Waals surface area contributed by atoms with Crippen molar-refractivity contribution in [3.63, 3.8) is 0 Å². The molecule has 23 heavy (non-hydrogen) atoms. The second-order valence-corrected chi connectivity index (χ2v) is 5.79. The molecule has 3 N–H and O–H groups in total. The van der Waals surface area contributed by atoms with E-state index in [1.807, 2.05) is 0 Å². The van der Waals surface area contributed by atoms with Gasteiger partial charge < -0.3 is 19.9 Å². The molecule has 0 aliphatic carbocycles. The van der Waals surface area contributed by atoms with Crippen LogP contribution >= 0.6 is 0 Å². The summed E-state index contributed by atoms with van der Waals surface area (Å²) in [4.78, 5) is 11.9. The van der Waals surface area contributed by atoms with Gasteiger partial charge in [0.1, 0.15) is 5.60 Å². The quantitative estimate of drug-likeness (QED) is 0.864. The summed E-state index contributed by atoms with van der Waals surface area (Å²) < 4.78 is 41.1. The predicted octanol–water partition coefficient (Wildman–Crippen LogP) is 3.32. The van der Waals surface area contributed by atoms with Gasteiger partial charge in [0.05, 0.1) is 25.9 Å². The van der Waals surface area contributed by atoms with Crippen molar-refractivity contribution >= 4 is 11.8 Å². The lowest BCUT2D eigenvalue weighted by atomic mass is 10.1. The normalized spacial score (nSPS) is 12.7. The average molecular weight is 332 g/mol. The first-order valence-corrected chi connectivity index (χ1v) is 6.88. The van der Waals surface area contributed by atoms with Crippen molar-refractivity contribution < 1.29 is 27.8 Å². The van der Waals surface area contributed by atoms with E-state index < -0.39 is 24.2 Å². The molecule has 0 radical (unpaired) electrons. The Labute approximate surface area is 133 Å². The Balaban J connectivity index is 3.22. The van der Waals surface area contributed by atoms with Crippen LogP contribution in [-0.2, 0) is 4.74 Å². The van der Waals surface area contributed by atoms with Crippen LogP contribution < -0.4 is 20.5 Å². The molecule has 1 unspecified atom stereocenters. The van der Waals surface area contributed by atoms with E-state index in [1.54, 1.807) is 20.8 Å². The maximum atomic E-state index is 12.8. The van der Waals surface area contributed by atoms with Crippen molar-refractivity contribution in [2.75, 3.05) is 19.5 Å². The van der Waals surface area contributed by atoms with Gasteiger partial charge in [-0.1, -0.05) is 0 Å². The molecule has 6 nitrogen and oxygen atoms in total. The standard InChI is InChI=1S/C15H22F2N2O4/c1-15(2,3)23-14(20)19-9-6-8(11(18)13(16)17)7-10(21-4)12(9)22-5/h6-7,11,13H,18H2,1-5H3,(H,19,20). The lowest BCUT2D eigenvalue weighted by molar-refractivity contribution is 0.0635. The molecular formula is C15H22F2N2O4. The van der Waals surface area contributed by atoms with E-state index in [4.69, 9.17) is 19.9 Å². The second kappa shape index (κ2) is 7.45. The number of carbonyl (C=O) groups is 1. The van der Waals surface area contributed by atoms with Crippen LogP contribution in [0.1, 0.15) is 32.4 Å². The van der Waals surface area contributed by atoms with Crippen LogP contribution in [0.25, 0.3) is 0 Å². The maximum Gasteiger partial charge on any atom is 0.412 e. The molecule has 0 bridgehead atoms. The van der Waals surface area contributed by atoms with E-state index in [0.29, 0.717) is 0 Å². The van der Waals surface area contributed by atoms with Crippen molar-refractivity contribution in [2.24, 2.45) is 5.73 Å². The Hall–Kier alpha value is -2.09. The molecule has 0 fully saturated rings. The summed E-state index contributed by atoms with van der Waals surface area (Å²) in [5.74, 6) is 0.357. The zero-order valence-corrected chi connectivity index (χ0v) is 13.8. The van der Waals surface area contributed by atoms with Crippen LogP contribution in [0.4, 0.5) is 19.3 Å². The molecular weight excluding hydrogens is 310 g/mol. The predicted molar refractivity (Wildman–Crippen MR) is 82.3 cm³/mol. The molecule has 1 aromatic rings. The van der Waals surface area contributed by atoms with E-state index >= 15 is 0 Å². The van der Waals surface area contributed by atoms with E-state index in [9.17, 15) is 13.6 Å². The first-order valence-electron chi connectivity index (χ1n) is 6.88. The number of methoxy groups -OCH3 is 2. The largest absolute Gasteiger partial charge is 0.493 e. The van der Waals surface area contributed by atoms with Gasteiger partial charge in [-0.3, -0.25) is 5.32 Å². The minimum atomic E-state index is -2.76. The van der Waals surface area contributed by atoms with E-state index in [2.05, 4.69) is 5.32 Å². The number of benzene rings is 1. The van der Waals surface area contributed by atoms with Crippen molar-refractivity contribution in [1.29, 1.82) is 0 Å². The molecule has 0 saturated carbocycles. The highest BCUT2D eigenvalue weighted by Gasteiger charge is 2.24. The molecule has 0 heterocycles. The number of amides is 1. The van der Waals surface area contributed by atoms with Crippen molar-refractivity contribution in [3.8, 4) is 11.5 Å². The molecule has 0 saturated heterocycles. The second-order valence-electron chi connectivity index (χ2n) is 5.79. The summed E-state index contributed by atoms with van der Waals surface area (Å²) in [5, 5.41) is 2.46. The van der Waals surface area contributed by atoms with Crippen LogP contribution in [0.3, 0.4) is 0 Å². The maximum absolute atomic E-state index is 12.8. The van der Waals surface area contributed by atoms with E-state index in [-0.39, 0.29) is 22.7 Å². The van der Waals surface area contributed by atoms with E-state index in [1.165, 1.54) is 26.4 Å².